The van der Waals surface area contributed by atoms with E-state index in [0.717, 1.165) is 21.5 Å². The van der Waals surface area contributed by atoms with Crippen LogP contribution in [0.3, 0.4) is 0 Å². The molecule has 0 fully saturated rings. The molecule has 0 saturated carbocycles. The Labute approximate surface area is 126 Å². The van der Waals surface area contributed by atoms with Crippen LogP contribution in [-0.2, 0) is 0 Å². The van der Waals surface area contributed by atoms with Crippen LogP contribution in [0.5, 0.6) is 11.5 Å². The molecule has 3 nitrogen and oxygen atoms in total. The number of phenolic OH excluding ortho intramolecular Hbond substituents is 1. The molecule has 2 aromatic rings. The zero-order valence-electron chi connectivity index (χ0n) is 10.8. The molecule has 4 heteroatoms. The Bertz CT molecular complexity index is 621. The maximum Gasteiger partial charge on any atom is 0.129 e. The number of nitrogens with zero attached hydrogens (tertiary/aromatic N) is 1. The second-order valence-electron chi connectivity index (χ2n) is 4.06. The topological polar surface area (TPSA) is 41.8 Å². The SMILES string of the molecule is C=CCOc1cc(Br)ccc1C=Nc1ccc(O)cc1. The summed E-state index contributed by atoms with van der Waals surface area (Å²) in [6.07, 6.45) is 3.43. The highest BCUT2D eigenvalue weighted by molar-refractivity contribution is 9.10. The summed E-state index contributed by atoms with van der Waals surface area (Å²) in [6.45, 7) is 4.08. The molecule has 0 aromatic heterocycles. The van der Waals surface area contributed by atoms with Crippen LogP contribution in [0.1, 0.15) is 5.56 Å². The molecule has 2 rings (SSSR count). The molecule has 0 bridgehead atoms. The van der Waals surface area contributed by atoms with Crippen molar-refractivity contribution < 1.29 is 9.84 Å². The van der Waals surface area contributed by atoms with Gasteiger partial charge in [0.2, 0.25) is 0 Å². The smallest absolute Gasteiger partial charge is 0.129 e. The number of halogens is 1. The Balaban J connectivity index is 2.23. The van der Waals surface area contributed by atoms with Crippen molar-refractivity contribution in [3.63, 3.8) is 0 Å². The van der Waals surface area contributed by atoms with Crippen LogP contribution in [0.2, 0.25) is 0 Å². The van der Waals surface area contributed by atoms with Crippen LogP contribution in [-0.4, -0.2) is 17.9 Å². The van der Waals surface area contributed by atoms with Crippen molar-refractivity contribution >= 4 is 27.8 Å². The normalized spacial score (nSPS) is 10.7. The quantitative estimate of drug-likeness (QED) is 0.648. The molecular weight excluding hydrogens is 318 g/mol. The molecule has 0 aliphatic carbocycles. The van der Waals surface area contributed by atoms with Gasteiger partial charge in [0.05, 0.1) is 5.69 Å². The zero-order chi connectivity index (χ0) is 14.4. The molecule has 0 aliphatic rings. The molecule has 0 heterocycles. The molecule has 0 spiro atoms. The van der Waals surface area contributed by atoms with Gasteiger partial charge in [-0.25, -0.2) is 0 Å². The van der Waals surface area contributed by atoms with Crippen molar-refractivity contribution in [2.24, 2.45) is 4.99 Å². The van der Waals surface area contributed by atoms with Crippen LogP contribution in [0.4, 0.5) is 5.69 Å². The number of hydrogen-bond donors (Lipinski definition) is 1. The van der Waals surface area contributed by atoms with Gasteiger partial charge in [0.25, 0.3) is 0 Å². The van der Waals surface area contributed by atoms with E-state index in [4.69, 9.17) is 4.74 Å². The first-order valence-corrected chi connectivity index (χ1v) is 6.84. The highest BCUT2D eigenvalue weighted by Crippen LogP contribution is 2.24. The van der Waals surface area contributed by atoms with Crippen LogP contribution in [0.15, 0.2) is 64.6 Å². The molecule has 0 unspecified atom stereocenters. The minimum Gasteiger partial charge on any atom is -0.508 e. The summed E-state index contributed by atoms with van der Waals surface area (Å²) in [7, 11) is 0. The summed E-state index contributed by atoms with van der Waals surface area (Å²) in [5.74, 6) is 0.962. The third-order valence-electron chi connectivity index (χ3n) is 2.53. The van der Waals surface area contributed by atoms with Gasteiger partial charge in [-0.3, -0.25) is 4.99 Å². The fraction of sp³-hybridized carbons (Fsp3) is 0.0625. The number of hydrogen-bond acceptors (Lipinski definition) is 3. The molecule has 1 N–H and O–H groups in total. The Morgan fingerprint density at radius 3 is 2.65 bits per heavy atom. The lowest BCUT2D eigenvalue weighted by Gasteiger charge is -2.07. The molecule has 0 amide bonds. The van der Waals surface area contributed by atoms with E-state index in [1.807, 2.05) is 18.2 Å². The van der Waals surface area contributed by atoms with Crippen molar-refractivity contribution in [1.29, 1.82) is 0 Å². The largest absolute Gasteiger partial charge is 0.508 e. The number of aromatic hydroxyl groups is 1. The lowest BCUT2D eigenvalue weighted by molar-refractivity contribution is 0.362. The van der Waals surface area contributed by atoms with Gasteiger partial charge >= 0.3 is 0 Å². The summed E-state index contributed by atoms with van der Waals surface area (Å²) in [4.78, 5) is 4.36. The van der Waals surface area contributed by atoms with E-state index >= 15 is 0 Å². The monoisotopic (exact) mass is 331 g/mol. The number of phenols is 1. The molecule has 0 radical (unpaired) electrons. The zero-order valence-corrected chi connectivity index (χ0v) is 12.4. The first-order valence-electron chi connectivity index (χ1n) is 6.05. The summed E-state index contributed by atoms with van der Waals surface area (Å²) in [5.41, 5.74) is 1.64. The summed E-state index contributed by atoms with van der Waals surface area (Å²) < 4.78 is 6.54. The lowest BCUT2D eigenvalue weighted by atomic mass is 10.2. The lowest BCUT2D eigenvalue weighted by Crippen LogP contribution is -1.96. The van der Waals surface area contributed by atoms with Crippen LogP contribution >= 0.6 is 15.9 Å². The standard InChI is InChI=1S/C16H14BrNO2/c1-2-9-20-16-10-13(17)4-3-12(16)11-18-14-5-7-15(19)8-6-14/h2-8,10-11,19H,1,9H2. The van der Waals surface area contributed by atoms with Crippen molar-refractivity contribution in [3.8, 4) is 11.5 Å². The first-order chi connectivity index (χ1) is 9.69. The molecule has 0 aliphatic heterocycles. The molecule has 20 heavy (non-hydrogen) atoms. The highest BCUT2D eigenvalue weighted by Gasteiger charge is 2.02. The Kier molecular flexibility index (Phi) is 4.96. The maximum absolute atomic E-state index is 9.23. The minimum atomic E-state index is 0.225. The van der Waals surface area contributed by atoms with E-state index in [1.54, 1.807) is 36.6 Å². The van der Waals surface area contributed by atoms with E-state index in [9.17, 15) is 5.11 Å². The van der Waals surface area contributed by atoms with Crippen molar-refractivity contribution in [1.82, 2.24) is 0 Å². The average molecular weight is 332 g/mol. The van der Waals surface area contributed by atoms with Crippen molar-refractivity contribution in [2.45, 2.75) is 0 Å². The van der Waals surface area contributed by atoms with Gasteiger partial charge < -0.3 is 9.84 Å². The van der Waals surface area contributed by atoms with Crippen LogP contribution < -0.4 is 4.74 Å². The Morgan fingerprint density at radius 1 is 1.20 bits per heavy atom. The summed E-state index contributed by atoms with van der Waals surface area (Å²) in [5, 5.41) is 9.23. The van der Waals surface area contributed by atoms with E-state index in [2.05, 4.69) is 27.5 Å². The van der Waals surface area contributed by atoms with Crippen LogP contribution in [0.25, 0.3) is 0 Å². The van der Waals surface area contributed by atoms with Gasteiger partial charge in [0.1, 0.15) is 18.1 Å². The van der Waals surface area contributed by atoms with Gasteiger partial charge in [-0.05, 0) is 42.5 Å². The second-order valence-corrected chi connectivity index (χ2v) is 4.97. The number of ether oxygens (including phenoxy) is 1. The predicted octanol–water partition coefficient (Wildman–Crippen LogP) is 4.47. The molecule has 2 aromatic carbocycles. The maximum atomic E-state index is 9.23. The van der Waals surface area contributed by atoms with Gasteiger partial charge in [0.15, 0.2) is 0 Å². The van der Waals surface area contributed by atoms with E-state index in [-0.39, 0.29) is 5.75 Å². The van der Waals surface area contributed by atoms with E-state index in [0.29, 0.717) is 6.61 Å². The first kappa shape index (κ1) is 14.3. The average Bonchev–Trinajstić information content (AvgIpc) is 2.46. The third kappa shape index (κ3) is 3.96. The summed E-state index contributed by atoms with van der Waals surface area (Å²) >= 11 is 3.41. The fourth-order valence-corrected chi connectivity index (χ4v) is 1.91. The molecule has 0 saturated heterocycles. The van der Waals surface area contributed by atoms with E-state index < -0.39 is 0 Å². The van der Waals surface area contributed by atoms with Crippen molar-refractivity contribution in [3.05, 3.63) is 65.2 Å². The predicted molar refractivity (Wildman–Crippen MR) is 85.2 cm³/mol. The number of benzene rings is 2. The van der Waals surface area contributed by atoms with Crippen LogP contribution in [0, 0.1) is 0 Å². The van der Waals surface area contributed by atoms with E-state index in [1.165, 1.54) is 0 Å². The van der Waals surface area contributed by atoms with Crippen molar-refractivity contribution in [2.75, 3.05) is 6.61 Å². The molecule has 102 valence electrons. The van der Waals surface area contributed by atoms with Gasteiger partial charge in [0, 0.05) is 16.3 Å². The summed E-state index contributed by atoms with van der Waals surface area (Å²) in [6, 6.07) is 12.4. The highest BCUT2D eigenvalue weighted by atomic mass is 79.9. The number of aliphatic imine (C=N–C) groups is 1. The fourth-order valence-electron chi connectivity index (χ4n) is 1.57. The molecular formula is C16H14BrNO2. The minimum absolute atomic E-state index is 0.225. The second kappa shape index (κ2) is 6.91. The Morgan fingerprint density at radius 2 is 1.95 bits per heavy atom. The van der Waals surface area contributed by atoms with Gasteiger partial charge in [-0.1, -0.05) is 28.6 Å². The number of rotatable bonds is 5. The molecule has 0 atom stereocenters. The Hall–Kier alpha value is -2.07. The van der Waals surface area contributed by atoms with Gasteiger partial charge in [-0.2, -0.15) is 0 Å². The van der Waals surface area contributed by atoms with Gasteiger partial charge in [-0.15, -0.1) is 0 Å². The third-order valence-corrected chi connectivity index (χ3v) is 3.03.